The second kappa shape index (κ2) is 3.25. The van der Waals surface area contributed by atoms with Gasteiger partial charge in [-0.25, -0.2) is 0 Å². The lowest BCUT2D eigenvalue weighted by atomic mass is 9.58. The molecule has 0 aromatic heterocycles. The van der Waals surface area contributed by atoms with E-state index in [-0.39, 0.29) is 0 Å². The van der Waals surface area contributed by atoms with Gasteiger partial charge in [0, 0.05) is 5.41 Å². The Morgan fingerprint density at radius 3 is 2.43 bits per heavy atom. The lowest BCUT2D eigenvalue weighted by Crippen LogP contribution is -2.37. The van der Waals surface area contributed by atoms with E-state index in [2.05, 4.69) is 24.3 Å². The minimum Gasteiger partial charge on any atom is -0.0743 e. The van der Waals surface area contributed by atoms with E-state index in [4.69, 9.17) is 0 Å². The molecule has 14 heavy (non-hydrogen) atoms. The molecule has 3 aliphatic rings. The first-order chi connectivity index (χ1) is 6.91. The molecule has 2 atom stereocenters. The average Bonchev–Trinajstić information content (AvgIpc) is 2.68. The predicted molar refractivity (Wildman–Crippen MR) is 60.0 cm³/mol. The number of hydrogen-bond donors (Lipinski definition) is 0. The molecule has 0 heteroatoms. The van der Waals surface area contributed by atoms with Gasteiger partial charge in [-0.15, -0.1) is 0 Å². The molecule has 2 unspecified atom stereocenters. The maximum atomic E-state index is 2.50. The summed E-state index contributed by atoms with van der Waals surface area (Å²) < 4.78 is 0. The molecule has 0 bridgehead atoms. The molecule has 3 aliphatic carbocycles. The second-order valence-corrected chi connectivity index (χ2v) is 5.37. The van der Waals surface area contributed by atoms with Crippen LogP contribution in [0.3, 0.4) is 0 Å². The van der Waals surface area contributed by atoms with E-state index in [9.17, 15) is 0 Å². The molecule has 0 heterocycles. The van der Waals surface area contributed by atoms with Crippen LogP contribution in [-0.4, -0.2) is 0 Å². The zero-order chi connectivity index (χ0) is 9.43. The minimum absolute atomic E-state index is 0.503. The van der Waals surface area contributed by atoms with Crippen LogP contribution in [0.2, 0.25) is 0 Å². The first-order valence-electron chi connectivity index (χ1n) is 6.28. The Morgan fingerprint density at radius 1 is 0.857 bits per heavy atom. The Bertz CT molecular complexity index is 258. The van der Waals surface area contributed by atoms with E-state index in [1.807, 2.05) is 0 Å². The van der Waals surface area contributed by atoms with Crippen LogP contribution in [0.1, 0.15) is 44.9 Å². The third-order valence-electron chi connectivity index (χ3n) is 4.71. The van der Waals surface area contributed by atoms with Gasteiger partial charge in [0.25, 0.3) is 0 Å². The molecular formula is C14H20. The fraction of sp³-hybridized carbons (Fsp3) is 0.714. The van der Waals surface area contributed by atoms with Crippen molar-refractivity contribution >= 4 is 0 Å². The molecule has 0 aromatic carbocycles. The Labute approximate surface area is 87.1 Å². The molecule has 2 fully saturated rings. The zero-order valence-electron chi connectivity index (χ0n) is 8.91. The molecule has 76 valence electrons. The highest BCUT2D eigenvalue weighted by atomic mass is 14.5. The summed E-state index contributed by atoms with van der Waals surface area (Å²) in [4.78, 5) is 0. The van der Waals surface area contributed by atoms with Gasteiger partial charge in [0.1, 0.15) is 0 Å². The van der Waals surface area contributed by atoms with Crippen molar-refractivity contribution in [3.8, 4) is 0 Å². The predicted octanol–water partition coefficient (Wildman–Crippen LogP) is 4.09. The Balaban J connectivity index is 1.90. The maximum Gasteiger partial charge on any atom is 0.00979 e. The van der Waals surface area contributed by atoms with E-state index in [1.165, 1.54) is 44.9 Å². The average molecular weight is 188 g/mol. The van der Waals surface area contributed by atoms with Crippen LogP contribution in [-0.2, 0) is 0 Å². The Hall–Kier alpha value is -0.520. The van der Waals surface area contributed by atoms with Crippen molar-refractivity contribution in [3.05, 3.63) is 24.3 Å². The standard InChI is InChI=1S/C14H20/c1-2-8-13-12(6-1)7-5-11-14(13)9-3-4-10-14/h3-4,9-10,12-13H,1-2,5-8,11H2. The minimum atomic E-state index is 0.503. The summed E-state index contributed by atoms with van der Waals surface area (Å²) in [5.41, 5.74) is 0.503. The summed E-state index contributed by atoms with van der Waals surface area (Å²) in [7, 11) is 0. The van der Waals surface area contributed by atoms with Gasteiger partial charge in [-0.3, -0.25) is 0 Å². The van der Waals surface area contributed by atoms with E-state index < -0.39 is 0 Å². The molecular weight excluding hydrogens is 168 g/mol. The van der Waals surface area contributed by atoms with Gasteiger partial charge in [-0.05, 0) is 24.7 Å². The summed E-state index contributed by atoms with van der Waals surface area (Å²) in [6.07, 6.45) is 19.9. The van der Waals surface area contributed by atoms with Crippen molar-refractivity contribution in [1.82, 2.24) is 0 Å². The highest BCUT2D eigenvalue weighted by molar-refractivity contribution is 5.27. The first-order valence-corrected chi connectivity index (χ1v) is 6.28. The van der Waals surface area contributed by atoms with Gasteiger partial charge in [0.05, 0.1) is 0 Å². The maximum absolute atomic E-state index is 2.50. The molecule has 0 aliphatic heterocycles. The smallest absolute Gasteiger partial charge is 0.00979 e. The normalized spacial score (nSPS) is 38.9. The fourth-order valence-corrected chi connectivity index (χ4v) is 4.06. The van der Waals surface area contributed by atoms with Crippen molar-refractivity contribution in [1.29, 1.82) is 0 Å². The van der Waals surface area contributed by atoms with Crippen LogP contribution in [0, 0.1) is 17.3 Å². The number of hydrogen-bond acceptors (Lipinski definition) is 0. The monoisotopic (exact) mass is 188 g/mol. The summed E-state index contributed by atoms with van der Waals surface area (Å²) in [6, 6.07) is 0. The highest BCUT2D eigenvalue weighted by Crippen LogP contribution is 2.53. The SMILES string of the molecule is C1=CC2(C=C1)CCCC1CCCCC12. The van der Waals surface area contributed by atoms with Gasteiger partial charge >= 0.3 is 0 Å². The number of fused-ring (bicyclic) bond motifs is 2. The number of allylic oxidation sites excluding steroid dienone is 4. The van der Waals surface area contributed by atoms with E-state index in [1.54, 1.807) is 0 Å². The van der Waals surface area contributed by atoms with Crippen molar-refractivity contribution in [2.45, 2.75) is 44.9 Å². The van der Waals surface area contributed by atoms with E-state index in [0.29, 0.717) is 5.41 Å². The summed E-state index contributed by atoms with van der Waals surface area (Å²) in [5, 5.41) is 0. The van der Waals surface area contributed by atoms with Gasteiger partial charge in [-0.1, -0.05) is 56.4 Å². The number of rotatable bonds is 0. The van der Waals surface area contributed by atoms with Gasteiger partial charge in [0.15, 0.2) is 0 Å². The van der Waals surface area contributed by atoms with Crippen LogP contribution in [0.5, 0.6) is 0 Å². The molecule has 0 nitrogen and oxygen atoms in total. The van der Waals surface area contributed by atoms with Crippen LogP contribution in [0.4, 0.5) is 0 Å². The zero-order valence-corrected chi connectivity index (χ0v) is 8.91. The van der Waals surface area contributed by atoms with Gasteiger partial charge in [0.2, 0.25) is 0 Å². The third kappa shape index (κ3) is 1.20. The summed E-state index contributed by atoms with van der Waals surface area (Å²) in [6.45, 7) is 0. The van der Waals surface area contributed by atoms with Crippen LogP contribution in [0.25, 0.3) is 0 Å². The fourth-order valence-electron chi connectivity index (χ4n) is 4.06. The third-order valence-corrected chi connectivity index (χ3v) is 4.71. The van der Waals surface area contributed by atoms with E-state index in [0.717, 1.165) is 11.8 Å². The van der Waals surface area contributed by atoms with Gasteiger partial charge in [-0.2, -0.15) is 0 Å². The Morgan fingerprint density at radius 2 is 1.57 bits per heavy atom. The van der Waals surface area contributed by atoms with Crippen molar-refractivity contribution < 1.29 is 0 Å². The molecule has 3 rings (SSSR count). The van der Waals surface area contributed by atoms with E-state index >= 15 is 0 Å². The molecule has 0 saturated heterocycles. The van der Waals surface area contributed by atoms with Gasteiger partial charge < -0.3 is 0 Å². The van der Waals surface area contributed by atoms with Crippen molar-refractivity contribution in [3.63, 3.8) is 0 Å². The molecule has 0 radical (unpaired) electrons. The first kappa shape index (κ1) is 8.76. The molecule has 0 N–H and O–H groups in total. The second-order valence-electron chi connectivity index (χ2n) is 5.37. The summed E-state index contributed by atoms with van der Waals surface area (Å²) in [5.74, 6) is 2.03. The Kier molecular flexibility index (Phi) is 2.04. The van der Waals surface area contributed by atoms with Crippen LogP contribution < -0.4 is 0 Å². The molecule has 0 aromatic rings. The lowest BCUT2D eigenvalue weighted by molar-refractivity contribution is 0.0838. The van der Waals surface area contributed by atoms with Crippen molar-refractivity contribution in [2.75, 3.05) is 0 Å². The largest absolute Gasteiger partial charge is 0.0743 e. The molecule has 1 spiro atoms. The van der Waals surface area contributed by atoms with Crippen molar-refractivity contribution in [2.24, 2.45) is 17.3 Å². The van der Waals surface area contributed by atoms with Crippen LogP contribution >= 0.6 is 0 Å². The molecule has 0 amide bonds. The van der Waals surface area contributed by atoms with Crippen LogP contribution in [0.15, 0.2) is 24.3 Å². The lowest BCUT2D eigenvalue weighted by Gasteiger charge is -2.47. The molecule has 2 saturated carbocycles. The quantitative estimate of drug-likeness (QED) is 0.537. The topological polar surface area (TPSA) is 0 Å². The highest BCUT2D eigenvalue weighted by Gasteiger charge is 2.43. The summed E-state index contributed by atoms with van der Waals surface area (Å²) >= 11 is 0.